The molecule has 0 atom stereocenters. The molecule has 0 bridgehead atoms. The summed E-state index contributed by atoms with van der Waals surface area (Å²) < 4.78 is 1.89. The minimum Gasteiger partial charge on any atom is -0.334 e. The molecule has 0 saturated carbocycles. The van der Waals surface area contributed by atoms with Gasteiger partial charge in [0.1, 0.15) is 5.69 Å². The Morgan fingerprint density at radius 2 is 2.40 bits per heavy atom. The summed E-state index contributed by atoms with van der Waals surface area (Å²) in [5.74, 6) is 0. The molecule has 1 aromatic rings. The molecule has 0 amide bonds. The molecule has 0 radical (unpaired) electrons. The smallest absolute Gasteiger partial charge is 0.169 e. The Labute approximate surface area is 59.7 Å². The van der Waals surface area contributed by atoms with Crippen LogP contribution in [0.4, 0.5) is 0 Å². The normalized spacial score (nSPS) is 10.3. The first-order valence-electron chi connectivity index (χ1n) is 3.22. The van der Waals surface area contributed by atoms with E-state index >= 15 is 0 Å². The van der Waals surface area contributed by atoms with Crippen molar-refractivity contribution in [2.24, 2.45) is 0 Å². The molecule has 0 aliphatic carbocycles. The fourth-order valence-corrected chi connectivity index (χ4v) is 0.696. The summed E-state index contributed by atoms with van der Waals surface area (Å²) in [6, 6.07) is 0.376. The lowest BCUT2D eigenvalue weighted by Crippen LogP contribution is -1.95. The lowest BCUT2D eigenvalue weighted by Gasteiger charge is -2.02. The average Bonchev–Trinajstić information content (AvgIpc) is 2.34. The monoisotopic (exact) mass is 138 g/mol. The number of rotatable bonds is 2. The van der Waals surface area contributed by atoms with Crippen molar-refractivity contribution in [3.05, 3.63) is 18.2 Å². The van der Waals surface area contributed by atoms with Crippen LogP contribution in [0.5, 0.6) is 0 Å². The summed E-state index contributed by atoms with van der Waals surface area (Å²) in [4.78, 5) is 14.0. The van der Waals surface area contributed by atoms with Gasteiger partial charge in [-0.15, -0.1) is 0 Å². The Morgan fingerprint density at radius 1 is 1.70 bits per heavy atom. The topological polar surface area (TPSA) is 34.9 Å². The van der Waals surface area contributed by atoms with Crippen molar-refractivity contribution in [3.8, 4) is 0 Å². The van der Waals surface area contributed by atoms with Crippen LogP contribution in [0, 0.1) is 0 Å². The Bertz CT molecular complexity index is 227. The molecule has 0 saturated heterocycles. The Balaban J connectivity index is 2.88. The van der Waals surface area contributed by atoms with Crippen molar-refractivity contribution in [1.82, 2.24) is 9.55 Å². The highest BCUT2D eigenvalue weighted by atomic mass is 16.1. The average molecular weight is 138 g/mol. The first-order chi connectivity index (χ1) is 4.74. The van der Waals surface area contributed by atoms with Crippen molar-refractivity contribution >= 4 is 6.29 Å². The second-order valence-electron chi connectivity index (χ2n) is 2.46. The van der Waals surface area contributed by atoms with Crippen LogP contribution < -0.4 is 0 Å². The fraction of sp³-hybridized carbons (Fsp3) is 0.429. The van der Waals surface area contributed by atoms with Gasteiger partial charge in [0.25, 0.3) is 0 Å². The molecule has 0 spiro atoms. The molecule has 0 unspecified atom stereocenters. The van der Waals surface area contributed by atoms with Gasteiger partial charge in [-0.25, -0.2) is 4.98 Å². The lowest BCUT2D eigenvalue weighted by molar-refractivity contribution is 0.111. The molecule has 0 aliphatic heterocycles. The van der Waals surface area contributed by atoms with E-state index in [9.17, 15) is 4.79 Å². The first kappa shape index (κ1) is 6.99. The lowest BCUT2D eigenvalue weighted by atomic mass is 10.4. The van der Waals surface area contributed by atoms with Gasteiger partial charge in [0.15, 0.2) is 6.29 Å². The summed E-state index contributed by atoms with van der Waals surface area (Å²) >= 11 is 0. The number of imidazole rings is 1. The SMILES string of the molecule is CC(C)n1cnc(C=O)c1. The predicted octanol–water partition coefficient (Wildman–Crippen LogP) is 1.28. The zero-order chi connectivity index (χ0) is 7.56. The summed E-state index contributed by atoms with van der Waals surface area (Å²) in [5, 5.41) is 0. The second-order valence-corrected chi connectivity index (χ2v) is 2.46. The summed E-state index contributed by atoms with van der Waals surface area (Å²) in [6.07, 6.45) is 4.14. The Morgan fingerprint density at radius 3 is 2.70 bits per heavy atom. The van der Waals surface area contributed by atoms with Crippen LogP contribution >= 0.6 is 0 Å². The molecule has 54 valence electrons. The van der Waals surface area contributed by atoms with Gasteiger partial charge in [-0.05, 0) is 13.8 Å². The number of nitrogens with zero attached hydrogens (tertiary/aromatic N) is 2. The van der Waals surface area contributed by atoms with Crippen LogP contribution in [0.15, 0.2) is 12.5 Å². The molecule has 1 rings (SSSR count). The molecule has 10 heavy (non-hydrogen) atoms. The van der Waals surface area contributed by atoms with Gasteiger partial charge < -0.3 is 4.57 Å². The predicted molar refractivity (Wildman–Crippen MR) is 38.0 cm³/mol. The third-order valence-corrected chi connectivity index (χ3v) is 1.34. The van der Waals surface area contributed by atoms with E-state index in [0.717, 1.165) is 6.29 Å². The number of carbonyl (C=O) groups is 1. The van der Waals surface area contributed by atoms with Crippen LogP contribution in [0.3, 0.4) is 0 Å². The van der Waals surface area contributed by atoms with Crippen molar-refractivity contribution in [3.63, 3.8) is 0 Å². The number of aldehydes is 1. The van der Waals surface area contributed by atoms with E-state index in [1.54, 1.807) is 12.5 Å². The van der Waals surface area contributed by atoms with Crippen molar-refractivity contribution < 1.29 is 4.79 Å². The van der Waals surface area contributed by atoms with Crippen LogP contribution in [-0.2, 0) is 0 Å². The van der Waals surface area contributed by atoms with Gasteiger partial charge in [0.05, 0.1) is 6.33 Å². The molecule has 0 N–H and O–H groups in total. The standard InChI is InChI=1S/C7H10N2O/c1-6(2)9-3-7(4-10)8-5-9/h3-6H,1-2H3. The highest BCUT2D eigenvalue weighted by Gasteiger charge is 1.98. The maximum absolute atomic E-state index is 10.2. The van der Waals surface area contributed by atoms with Crippen molar-refractivity contribution in [1.29, 1.82) is 0 Å². The number of aromatic nitrogens is 2. The molecule has 3 heteroatoms. The quantitative estimate of drug-likeness (QED) is 0.577. The summed E-state index contributed by atoms with van der Waals surface area (Å²) in [5.41, 5.74) is 0.494. The highest BCUT2D eigenvalue weighted by Crippen LogP contribution is 2.03. The third-order valence-electron chi connectivity index (χ3n) is 1.34. The van der Waals surface area contributed by atoms with E-state index in [4.69, 9.17) is 0 Å². The van der Waals surface area contributed by atoms with E-state index in [1.807, 2.05) is 18.4 Å². The number of carbonyl (C=O) groups excluding carboxylic acids is 1. The van der Waals surface area contributed by atoms with Gasteiger partial charge in [0.2, 0.25) is 0 Å². The maximum Gasteiger partial charge on any atom is 0.169 e. The van der Waals surface area contributed by atoms with Crippen molar-refractivity contribution in [2.75, 3.05) is 0 Å². The number of hydrogen-bond donors (Lipinski definition) is 0. The Hall–Kier alpha value is -1.12. The maximum atomic E-state index is 10.2. The first-order valence-corrected chi connectivity index (χ1v) is 3.22. The van der Waals surface area contributed by atoms with Crippen LogP contribution in [-0.4, -0.2) is 15.8 Å². The molecule has 3 nitrogen and oxygen atoms in total. The van der Waals surface area contributed by atoms with Crippen LogP contribution in [0.1, 0.15) is 30.4 Å². The van der Waals surface area contributed by atoms with E-state index < -0.39 is 0 Å². The van der Waals surface area contributed by atoms with Crippen LogP contribution in [0.25, 0.3) is 0 Å². The van der Waals surface area contributed by atoms with E-state index in [0.29, 0.717) is 11.7 Å². The zero-order valence-corrected chi connectivity index (χ0v) is 6.11. The van der Waals surface area contributed by atoms with Crippen molar-refractivity contribution in [2.45, 2.75) is 19.9 Å². The fourth-order valence-electron chi connectivity index (χ4n) is 0.696. The summed E-state index contributed by atoms with van der Waals surface area (Å²) in [7, 11) is 0. The summed E-state index contributed by atoms with van der Waals surface area (Å²) in [6.45, 7) is 4.08. The van der Waals surface area contributed by atoms with E-state index in [1.165, 1.54) is 0 Å². The highest BCUT2D eigenvalue weighted by molar-refractivity contribution is 5.70. The third kappa shape index (κ3) is 1.23. The van der Waals surface area contributed by atoms with Gasteiger partial charge in [0, 0.05) is 12.2 Å². The molecular formula is C7H10N2O. The second kappa shape index (κ2) is 2.64. The molecule has 1 heterocycles. The molecule has 1 aromatic heterocycles. The molecule has 0 aromatic carbocycles. The zero-order valence-electron chi connectivity index (χ0n) is 6.11. The van der Waals surface area contributed by atoms with Gasteiger partial charge in [-0.1, -0.05) is 0 Å². The largest absolute Gasteiger partial charge is 0.334 e. The van der Waals surface area contributed by atoms with Gasteiger partial charge in [-0.3, -0.25) is 4.79 Å². The molecular weight excluding hydrogens is 128 g/mol. The minimum atomic E-state index is 0.376. The van der Waals surface area contributed by atoms with Gasteiger partial charge >= 0.3 is 0 Å². The molecule has 0 fully saturated rings. The minimum absolute atomic E-state index is 0.376. The van der Waals surface area contributed by atoms with Crippen LogP contribution in [0.2, 0.25) is 0 Å². The number of hydrogen-bond acceptors (Lipinski definition) is 2. The van der Waals surface area contributed by atoms with Gasteiger partial charge in [-0.2, -0.15) is 0 Å². The molecule has 0 aliphatic rings. The van der Waals surface area contributed by atoms with E-state index in [-0.39, 0.29) is 0 Å². The Kier molecular flexibility index (Phi) is 1.85. The van der Waals surface area contributed by atoms with E-state index in [2.05, 4.69) is 4.98 Å².